The number of hydrogen-bond donors (Lipinski definition) is 1. The molecule has 2 aromatic heterocycles. The summed E-state index contributed by atoms with van der Waals surface area (Å²) in [5, 5.41) is 7.35. The molecule has 1 N–H and O–H groups in total. The van der Waals surface area contributed by atoms with Crippen molar-refractivity contribution in [2.24, 2.45) is 0 Å². The predicted octanol–water partition coefficient (Wildman–Crippen LogP) is 2.32. The van der Waals surface area contributed by atoms with Crippen LogP contribution in [0.4, 0.5) is 0 Å². The highest BCUT2D eigenvalue weighted by molar-refractivity contribution is 9.10. The van der Waals surface area contributed by atoms with Crippen molar-refractivity contribution in [1.29, 1.82) is 0 Å². The van der Waals surface area contributed by atoms with Crippen molar-refractivity contribution in [2.75, 3.05) is 6.54 Å². The number of nitrogens with zero attached hydrogens (tertiary/aromatic N) is 3. The molecule has 3 rings (SSSR count). The Labute approximate surface area is 107 Å². The monoisotopic (exact) mass is 294 g/mol. The molecule has 1 fully saturated rings. The van der Waals surface area contributed by atoms with Crippen LogP contribution in [0.5, 0.6) is 0 Å². The molecular formula is C11H11BrN4O. The summed E-state index contributed by atoms with van der Waals surface area (Å²) in [6, 6.07) is 2.14. The normalized spacial score (nSPS) is 19.7. The summed E-state index contributed by atoms with van der Waals surface area (Å²) in [4.78, 5) is 8.48. The van der Waals surface area contributed by atoms with E-state index >= 15 is 0 Å². The Morgan fingerprint density at radius 1 is 1.41 bits per heavy atom. The second kappa shape index (κ2) is 4.54. The molecule has 0 aliphatic carbocycles. The van der Waals surface area contributed by atoms with Crippen LogP contribution in [0.1, 0.15) is 24.7 Å². The standard InChI is InChI=1S/C11H11BrN4O/c12-8-4-7(5-13-6-8)11-15-10(16-17-11)9-2-1-3-14-9/h4-6,9,14H,1-3H2. The van der Waals surface area contributed by atoms with E-state index in [9.17, 15) is 0 Å². The van der Waals surface area contributed by atoms with Crippen LogP contribution in [0.15, 0.2) is 27.5 Å². The van der Waals surface area contributed by atoms with Crippen molar-refractivity contribution < 1.29 is 4.52 Å². The minimum absolute atomic E-state index is 0.229. The third kappa shape index (κ3) is 2.23. The van der Waals surface area contributed by atoms with Crippen molar-refractivity contribution in [2.45, 2.75) is 18.9 Å². The molecule has 0 bridgehead atoms. The molecule has 0 aromatic carbocycles. The first-order chi connectivity index (χ1) is 8.33. The molecule has 1 atom stereocenters. The van der Waals surface area contributed by atoms with E-state index in [2.05, 4.69) is 36.4 Å². The molecule has 3 heterocycles. The van der Waals surface area contributed by atoms with Gasteiger partial charge in [-0.05, 0) is 41.4 Å². The van der Waals surface area contributed by atoms with Gasteiger partial charge >= 0.3 is 0 Å². The van der Waals surface area contributed by atoms with E-state index in [-0.39, 0.29) is 6.04 Å². The lowest BCUT2D eigenvalue weighted by Gasteiger charge is -2.01. The molecule has 6 heteroatoms. The zero-order valence-corrected chi connectivity index (χ0v) is 10.6. The molecule has 17 heavy (non-hydrogen) atoms. The first-order valence-corrected chi connectivity index (χ1v) is 6.30. The number of hydrogen-bond acceptors (Lipinski definition) is 5. The van der Waals surface area contributed by atoms with Gasteiger partial charge < -0.3 is 9.84 Å². The Morgan fingerprint density at radius 2 is 2.35 bits per heavy atom. The summed E-state index contributed by atoms with van der Waals surface area (Å²) in [6.45, 7) is 1.02. The van der Waals surface area contributed by atoms with Gasteiger partial charge in [0.15, 0.2) is 5.82 Å². The Balaban J connectivity index is 1.89. The zero-order chi connectivity index (χ0) is 11.7. The van der Waals surface area contributed by atoms with Crippen LogP contribution in [0.3, 0.4) is 0 Å². The van der Waals surface area contributed by atoms with Crippen LogP contribution in [-0.2, 0) is 0 Å². The van der Waals surface area contributed by atoms with Crippen molar-refractivity contribution in [3.05, 3.63) is 28.8 Å². The highest BCUT2D eigenvalue weighted by atomic mass is 79.9. The molecule has 1 aliphatic heterocycles. The smallest absolute Gasteiger partial charge is 0.259 e. The molecule has 0 radical (unpaired) electrons. The van der Waals surface area contributed by atoms with Crippen molar-refractivity contribution in [3.8, 4) is 11.5 Å². The molecule has 0 amide bonds. The van der Waals surface area contributed by atoms with Crippen LogP contribution < -0.4 is 5.32 Å². The van der Waals surface area contributed by atoms with Gasteiger partial charge in [-0.1, -0.05) is 5.16 Å². The lowest BCUT2D eigenvalue weighted by Crippen LogP contribution is -2.14. The van der Waals surface area contributed by atoms with Gasteiger partial charge in [-0.25, -0.2) is 0 Å². The maximum atomic E-state index is 5.26. The molecule has 0 spiro atoms. The zero-order valence-electron chi connectivity index (χ0n) is 9.06. The summed E-state index contributed by atoms with van der Waals surface area (Å²) < 4.78 is 6.15. The third-order valence-corrected chi connectivity index (χ3v) is 3.20. The molecule has 2 aromatic rings. The van der Waals surface area contributed by atoms with E-state index in [4.69, 9.17) is 4.52 Å². The average molecular weight is 295 g/mol. The van der Waals surface area contributed by atoms with Crippen molar-refractivity contribution in [1.82, 2.24) is 20.4 Å². The lowest BCUT2D eigenvalue weighted by molar-refractivity contribution is 0.412. The maximum absolute atomic E-state index is 5.26. The number of aromatic nitrogens is 3. The summed E-state index contributed by atoms with van der Waals surface area (Å²) in [5.74, 6) is 1.25. The van der Waals surface area contributed by atoms with E-state index in [1.807, 2.05) is 6.07 Å². The number of rotatable bonds is 2. The summed E-state index contributed by atoms with van der Waals surface area (Å²) in [5.41, 5.74) is 0.830. The Bertz CT molecular complexity index is 522. The van der Waals surface area contributed by atoms with E-state index in [1.165, 1.54) is 0 Å². The fraction of sp³-hybridized carbons (Fsp3) is 0.364. The molecule has 1 saturated heterocycles. The summed E-state index contributed by atoms with van der Waals surface area (Å²) in [6.07, 6.45) is 5.66. The Hall–Kier alpha value is -1.27. The Morgan fingerprint density at radius 3 is 3.12 bits per heavy atom. The van der Waals surface area contributed by atoms with E-state index in [0.29, 0.717) is 5.89 Å². The van der Waals surface area contributed by atoms with Crippen LogP contribution in [-0.4, -0.2) is 21.7 Å². The summed E-state index contributed by atoms with van der Waals surface area (Å²) >= 11 is 3.37. The van der Waals surface area contributed by atoms with Crippen LogP contribution in [0, 0.1) is 0 Å². The van der Waals surface area contributed by atoms with Gasteiger partial charge in [0.25, 0.3) is 5.89 Å². The predicted molar refractivity (Wildman–Crippen MR) is 65.2 cm³/mol. The summed E-state index contributed by atoms with van der Waals surface area (Å²) in [7, 11) is 0. The third-order valence-electron chi connectivity index (χ3n) is 2.77. The molecular weight excluding hydrogens is 284 g/mol. The highest BCUT2D eigenvalue weighted by Crippen LogP contribution is 2.24. The fourth-order valence-electron chi connectivity index (χ4n) is 1.93. The van der Waals surface area contributed by atoms with Gasteiger partial charge in [-0.15, -0.1) is 0 Å². The number of halogens is 1. The van der Waals surface area contributed by atoms with E-state index in [0.717, 1.165) is 35.2 Å². The minimum Gasteiger partial charge on any atom is -0.334 e. The molecule has 5 nitrogen and oxygen atoms in total. The number of nitrogens with one attached hydrogen (secondary N) is 1. The second-order valence-electron chi connectivity index (χ2n) is 4.00. The second-order valence-corrected chi connectivity index (χ2v) is 4.91. The number of pyridine rings is 1. The van der Waals surface area contributed by atoms with Gasteiger partial charge in [-0.3, -0.25) is 4.98 Å². The van der Waals surface area contributed by atoms with Crippen molar-refractivity contribution >= 4 is 15.9 Å². The van der Waals surface area contributed by atoms with Gasteiger partial charge in [0.05, 0.1) is 11.6 Å². The quantitative estimate of drug-likeness (QED) is 0.921. The fourth-order valence-corrected chi connectivity index (χ4v) is 2.29. The molecule has 1 unspecified atom stereocenters. The molecule has 88 valence electrons. The topological polar surface area (TPSA) is 63.8 Å². The first kappa shape index (κ1) is 10.9. The van der Waals surface area contributed by atoms with Gasteiger partial charge in [0.2, 0.25) is 0 Å². The van der Waals surface area contributed by atoms with Gasteiger partial charge in [-0.2, -0.15) is 4.98 Å². The minimum atomic E-state index is 0.229. The lowest BCUT2D eigenvalue weighted by atomic mass is 10.2. The van der Waals surface area contributed by atoms with Crippen LogP contribution in [0.2, 0.25) is 0 Å². The highest BCUT2D eigenvalue weighted by Gasteiger charge is 2.22. The first-order valence-electron chi connectivity index (χ1n) is 5.51. The van der Waals surface area contributed by atoms with Gasteiger partial charge in [0, 0.05) is 16.9 Å². The van der Waals surface area contributed by atoms with Crippen molar-refractivity contribution in [3.63, 3.8) is 0 Å². The maximum Gasteiger partial charge on any atom is 0.259 e. The molecule has 1 aliphatic rings. The SMILES string of the molecule is Brc1cncc(-c2nc(C3CCCN3)no2)c1. The van der Waals surface area contributed by atoms with E-state index < -0.39 is 0 Å². The molecule has 0 saturated carbocycles. The average Bonchev–Trinajstić information content (AvgIpc) is 3.00. The van der Waals surface area contributed by atoms with E-state index in [1.54, 1.807) is 12.4 Å². The Kier molecular flexibility index (Phi) is 2.90. The van der Waals surface area contributed by atoms with Crippen LogP contribution in [0.25, 0.3) is 11.5 Å². The largest absolute Gasteiger partial charge is 0.334 e. The van der Waals surface area contributed by atoms with Gasteiger partial charge in [0.1, 0.15) is 0 Å². The van der Waals surface area contributed by atoms with Crippen LogP contribution >= 0.6 is 15.9 Å².